The number of para-hydroxylation sites is 1. The molecule has 6 heteroatoms. The van der Waals surface area contributed by atoms with E-state index in [1.165, 1.54) is 0 Å². The van der Waals surface area contributed by atoms with Gasteiger partial charge >= 0.3 is 0 Å². The lowest BCUT2D eigenvalue weighted by Crippen LogP contribution is -2.17. The summed E-state index contributed by atoms with van der Waals surface area (Å²) in [7, 11) is 1.84. The van der Waals surface area contributed by atoms with Crippen LogP contribution in [0.2, 0.25) is 0 Å². The number of nitrogens with one attached hydrogen (secondary N) is 2. The number of carbonyl (C=O) groups excluding carboxylic acids is 1. The van der Waals surface area contributed by atoms with Crippen molar-refractivity contribution < 1.29 is 4.79 Å². The molecular weight excluding hydrogens is 276 g/mol. The van der Waals surface area contributed by atoms with Gasteiger partial charge in [0.2, 0.25) is 0 Å². The van der Waals surface area contributed by atoms with E-state index in [1.54, 1.807) is 17.1 Å². The van der Waals surface area contributed by atoms with Crippen molar-refractivity contribution in [3.05, 3.63) is 48.0 Å². The van der Waals surface area contributed by atoms with Gasteiger partial charge in [-0.25, -0.2) is 4.98 Å². The number of imidazole rings is 1. The smallest absolute Gasteiger partial charge is 0.275 e. The average Bonchev–Trinajstić information content (AvgIpc) is 2.84. The van der Waals surface area contributed by atoms with Crippen LogP contribution in [0.15, 0.2) is 36.8 Å². The molecule has 20 heavy (non-hydrogen) atoms. The summed E-state index contributed by atoms with van der Waals surface area (Å²) in [4.78, 5) is 16.1. The first kappa shape index (κ1) is 16.2. The maximum Gasteiger partial charge on any atom is 0.275 e. The van der Waals surface area contributed by atoms with Gasteiger partial charge in [0, 0.05) is 25.5 Å². The average molecular weight is 295 g/mol. The molecule has 2 aromatic rings. The van der Waals surface area contributed by atoms with Gasteiger partial charge < -0.3 is 15.2 Å². The molecule has 2 N–H and O–H groups in total. The van der Waals surface area contributed by atoms with E-state index in [-0.39, 0.29) is 18.3 Å². The Morgan fingerprint density at radius 2 is 2.10 bits per heavy atom. The number of amides is 1. The zero-order chi connectivity index (χ0) is 13.7. The van der Waals surface area contributed by atoms with Gasteiger partial charge in [0.15, 0.2) is 0 Å². The highest BCUT2D eigenvalue weighted by Crippen LogP contribution is 2.15. The molecule has 2 rings (SSSR count). The number of benzene rings is 1. The van der Waals surface area contributed by atoms with Crippen LogP contribution in [-0.2, 0) is 13.6 Å². The molecule has 5 nitrogen and oxygen atoms in total. The van der Waals surface area contributed by atoms with Crippen LogP contribution in [0.3, 0.4) is 0 Å². The predicted molar refractivity (Wildman–Crippen MR) is 82.2 cm³/mol. The summed E-state index contributed by atoms with van der Waals surface area (Å²) < 4.78 is 1.75. The molecule has 0 atom stereocenters. The summed E-state index contributed by atoms with van der Waals surface area (Å²) >= 11 is 0. The van der Waals surface area contributed by atoms with Crippen molar-refractivity contribution in [2.45, 2.75) is 13.5 Å². The van der Waals surface area contributed by atoms with Gasteiger partial charge in [-0.1, -0.05) is 25.1 Å². The summed E-state index contributed by atoms with van der Waals surface area (Å²) in [5.74, 6) is -0.190. The highest BCUT2D eigenvalue weighted by molar-refractivity contribution is 6.03. The van der Waals surface area contributed by atoms with Gasteiger partial charge in [-0.15, -0.1) is 12.4 Å². The molecule has 0 saturated heterocycles. The van der Waals surface area contributed by atoms with Gasteiger partial charge in [-0.05, 0) is 18.2 Å². The summed E-state index contributed by atoms with van der Waals surface area (Å²) in [6.45, 7) is 3.67. The van der Waals surface area contributed by atoms with Crippen LogP contribution in [0.1, 0.15) is 23.0 Å². The second-order valence-corrected chi connectivity index (χ2v) is 4.32. The number of hydrogen-bond donors (Lipinski definition) is 2. The van der Waals surface area contributed by atoms with Crippen molar-refractivity contribution in [3.8, 4) is 0 Å². The Morgan fingerprint density at radius 3 is 2.75 bits per heavy atom. The fourth-order valence-electron chi connectivity index (χ4n) is 1.77. The molecule has 1 amide bonds. The molecule has 0 aliphatic carbocycles. The van der Waals surface area contributed by atoms with E-state index in [1.807, 2.05) is 31.3 Å². The van der Waals surface area contributed by atoms with Crippen LogP contribution >= 0.6 is 12.4 Å². The molecule has 0 saturated carbocycles. The Bertz CT molecular complexity index is 568. The number of aromatic nitrogens is 2. The fraction of sp³-hybridized carbons (Fsp3) is 0.286. The zero-order valence-electron chi connectivity index (χ0n) is 11.6. The van der Waals surface area contributed by atoms with Crippen molar-refractivity contribution in [2.75, 3.05) is 11.9 Å². The molecule has 0 radical (unpaired) electrons. The number of aryl methyl sites for hydroxylation is 1. The van der Waals surface area contributed by atoms with Gasteiger partial charge in [-0.2, -0.15) is 0 Å². The number of hydrogen-bond acceptors (Lipinski definition) is 3. The van der Waals surface area contributed by atoms with Gasteiger partial charge in [0.1, 0.15) is 5.69 Å². The molecule has 0 aliphatic heterocycles. The lowest BCUT2D eigenvalue weighted by atomic mass is 10.1. The lowest BCUT2D eigenvalue weighted by molar-refractivity contribution is 0.102. The maximum absolute atomic E-state index is 12.0. The molecule has 108 valence electrons. The van der Waals surface area contributed by atoms with Crippen molar-refractivity contribution in [2.24, 2.45) is 7.05 Å². The molecule has 1 aromatic carbocycles. The Morgan fingerprint density at radius 1 is 1.35 bits per heavy atom. The minimum absolute atomic E-state index is 0. The fourth-order valence-corrected chi connectivity index (χ4v) is 1.77. The number of halogens is 1. The highest BCUT2D eigenvalue weighted by atomic mass is 35.5. The molecule has 1 heterocycles. The molecule has 0 bridgehead atoms. The van der Waals surface area contributed by atoms with Gasteiger partial charge in [0.05, 0.1) is 6.33 Å². The largest absolute Gasteiger partial charge is 0.340 e. The third-order valence-corrected chi connectivity index (χ3v) is 2.77. The Hall–Kier alpha value is -1.85. The quantitative estimate of drug-likeness (QED) is 0.889. The molecule has 0 fully saturated rings. The second-order valence-electron chi connectivity index (χ2n) is 4.32. The summed E-state index contributed by atoms with van der Waals surface area (Å²) in [6.07, 6.45) is 3.31. The first-order valence-electron chi connectivity index (χ1n) is 6.28. The topological polar surface area (TPSA) is 58.9 Å². The summed E-state index contributed by atoms with van der Waals surface area (Å²) in [5.41, 5.74) is 2.30. The lowest BCUT2D eigenvalue weighted by Gasteiger charge is -2.10. The zero-order valence-corrected chi connectivity index (χ0v) is 12.4. The molecular formula is C14H19ClN4O. The van der Waals surface area contributed by atoms with E-state index in [9.17, 15) is 4.79 Å². The van der Waals surface area contributed by atoms with Crippen LogP contribution in [0, 0.1) is 0 Å². The minimum atomic E-state index is -0.190. The van der Waals surface area contributed by atoms with E-state index in [2.05, 4.69) is 22.5 Å². The number of nitrogens with zero attached hydrogens (tertiary/aromatic N) is 2. The second kappa shape index (κ2) is 7.67. The van der Waals surface area contributed by atoms with Crippen LogP contribution < -0.4 is 10.6 Å². The van der Waals surface area contributed by atoms with E-state index in [0.717, 1.165) is 24.3 Å². The number of carbonyl (C=O) groups is 1. The van der Waals surface area contributed by atoms with E-state index >= 15 is 0 Å². The summed E-state index contributed by atoms with van der Waals surface area (Å²) in [5, 5.41) is 6.15. The van der Waals surface area contributed by atoms with Gasteiger partial charge in [-0.3, -0.25) is 4.79 Å². The number of rotatable bonds is 5. The Labute approximate surface area is 124 Å². The van der Waals surface area contributed by atoms with Crippen LogP contribution in [-0.4, -0.2) is 22.0 Å². The minimum Gasteiger partial charge on any atom is -0.340 e. The third kappa shape index (κ3) is 4.08. The van der Waals surface area contributed by atoms with Crippen LogP contribution in [0.4, 0.5) is 5.69 Å². The van der Waals surface area contributed by atoms with Crippen LogP contribution in [0.5, 0.6) is 0 Å². The van der Waals surface area contributed by atoms with E-state index in [4.69, 9.17) is 0 Å². The van der Waals surface area contributed by atoms with Crippen molar-refractivity contribution >= 4 is 24.0 Å². The molecule has 0 unspecified atom stereocenters. The van der Waals surface area contributed by atoms with E-state index in [0.29, 0.717) is 5.69 Å². The molecule has 0 aliphatic rings. The standard InChI is InChI=1S/C14H18N4O.ClH/c1-3-15-8-11-6-4-5-7-12(11)17-14(19)13-9-18(2)10-16-13;/h4-7,9-10,15H,3,8H2,1-2H3,(H,17,19);1H. The number of anilines is 1. The highest BCUT2D eigenvalue weighted by Gasteiger charge is 2.10. The SMILES string of the molecule is CCNCc1ccccc1NC(=O)c1cn(C)cn1.Cl. The van der Waals surface area contributed by atoms with Crippen molar-refractivity contribution in [3.63, 3.8) is 0 Å². The normalized spacial score (nSPS) is 9.90. The maximum atomic E-state index is 12.0. The molecule has 0 spiro atoms. The Balaban J connectivity index is 0.00000200. The first-order chi connectivity index (χ1) is 9.20. The Kier molecular flexibility index (Phi) is 6.21. The monoisotopic (exact) mass is 294 g/mol. The third-order valence-electron chi connectivity index (χ3n) is 2.77. The van der Waals surface area contributed by atoms with Gasteiger partial charge in [0.25, 0.3) is 5.91 Å². The van der Waals surface area contributed by atoms with Crippen molar-refractivity contribution in [1.29, 1.82) is 0 Å². The predicted octanol–water partition coefficient (Wildman–Crippen LogP) is 2.20. The van der Waals surface area contributed by atoms with Crippen LogP contribution in [0.25, 0.3) is 0 Å². The first-order valence-corrected chi connectivity index (χ1v) is 6.28. The molecule has 1 aromatic heterocycles. The summed E-state index contributed by atoms with van der Waals surface area (Å²) in [6, 6.07) is 7.76. The van der Waals surface area contributed by atoms with Crippen molar-refractivity contribution in [1.82, 2.24) is 14.9 Å². The van der Waals surface area contributed by atoms with E-state index < -0.39 is 0 Å².